The summed E-state index contributed by atoms with van der Waals surface area (Å²) in [6.45, 7) is 3.63. The van der Waals surface area contributed by atoms with Crippen LogP contribution in [0, 0.1) is 10.1 Å². The number of carbonyl (C=O) groups excluding carboxylic acids is 1. The molecule has 0 bridgehead atoms. The van der Waals surface area contributed by atoms with Gasteiger partial charge >= 0.3 is 11.9 Å². The average molecular weight is 445 g/mol. The second-order valence-corrected chi connectivity index (χ2v) is 8.24. The molecule has 0 aliphatic carbocycles. The molecular weight excluding hydrogens is 430 g/mol. The highest BCUT2D eigenvalue weighted by Crippen LogP contribution is 2.33. The summed E-state index contributed by atoms with van der Waals surface area (Å²) in [4.78, 5) is 41.8. The molecule has 4 heterocycles. The Bertz CT molecular complexity index is 1340. The van der Waals surface area contributed by atoms with Gasteiger partial charge in [-0.3, -0.25) is 19.5 Å². The van der Waals surface area contributed by atoms with Crippen LogP contribution in [0.4, 0.5) is 5.88 Å². The molecule has 0 radical (unpaired) electrons. The van der Waals surface area contributed by atoms with Crippen LogP contribution in [0.1, 0.15) is 30.5 Å². The number of rotatable bonds is 5. The van der Waals surface area contributed by atoms with Gasteiger partial charge in [0.1, 0.15) is 16.7 Å². The smallest absolute Gasteiger partial charge is 0.433 e. The number of carbonyl (C=O) groups is 1. The van der Waals surface area contributed by atoms with Crippen molar-refractivity contribution in [2.75, 3.05) is 6.61 Å². The Labute approximate surface area is 177 Å². The predicted octanol–water partition coefficient (Wildman–Crippen LogP) is 2.36. The minimum atomic E-state index is -0.659. The lowest BCUT2D eigenvalue weighted by molar-refractivity contribution is -0.402. The lowest BCUT2D eigenvalue weighted by Gasteiger charge is -2.23. The van der Waals surface area contributed by atoms with E-state index in [4.69, 9.17) is 9.15 Å². The Hall–Kier alpha value is -3.31. The minimum absolute atomic E-state index is 0.181. The summed E-state index contributed by atoms with van der Waals surface area (Å²) in [5.41, 5.74) is 0.422. The fraction of sp³-hybridized carbons (Fsp3) is 0.211. The normalized spacial score (nSPS) is 16.3. The number of thiophene rings is 1. The minimum Gasteiger partial charge on any atom is -0.463 e. The first kappa shape index (κ1) is 20.0. The van der Waals surface area contributed by atoms with E-state index in [2.05, 4.69) is 4.99 Å². The van der Waals surface area contributed by atoms with Gasteiger partial charge in [-0.25, -0.2) is 9.79 Å². The summed E-state index contributed by atoms with van der Waals surface area (Å²) in [7, 11) is 0. The summed E-state index contributed by atoms with van der Waals surface area (Å²) < 4.78 is 12.1. The molecule has 11 heteroatoms. The van der Waals surface area contributed by atoms with Gasteiger partial charge in [0, 0.05) is 11.0 Å². The van der Waals surface area contributed by atoms with Crippen LogP contribution >= 0.6 is 22.7 Å². The summed E-state index contributed by atoms with van der Waals surface area (Å²) in [5.74, 6) is -0.750. The number of fused-ring (bicyclic) bond motifs is 1. The van der Waals surface area contributed by atoms with E-state index in [9.17, 15) is 19.7 Å². The maximum atomic E-state index is 13.2. The van der Waals surface area contributed by atoms with Crippen molar-refractivity contribution in [3.8, 4) is 0 Å². The van der Waals surface area contributed by atoms with Gasteiger partial charge in [-0.15, -0.1) is 11.3 Å². The van der Waals surface area contributed by atoms with Gasteiger partial charge in [-0.05, 0) is 31.4 Å². The van der Waals surface area contributed by atoms with Crippen LogP contribution in [-0.2, 0) is 9.53 Å². The quantitative estimate of drug-likeness (QED) is 0.338. The molecule has 0 N–H and O–H groups in total. The van der Waals surface area contributed by atoms with E-state index in [1.54, 1.807) is 13.8 Å². The molecule has 0 spiro atoms. The first-order valence-electron chi connectivity index (χ1n) is 8.88. The highest BCUT2D eigenvalue weighted by molar-refractivity contribution is 7.10. The lowest BCUT2D eigenvalue weighted by Crippen LogP contribution is -2.39. The number of furan rings is 1. The fourth-order valence-electron chi connectivity index (χ4n) is 3.15. The first-order chi connectivity index (χ1) is 14.4. The molecule has 9 nitrogen and oxygen atoms in total. The Balaban J connectivity index is 1.91. The fourth-order valence-corrected chi connectivity index (χ4v) is 5.00. The van der Waals surface area contributed by atoms with E-state index >= 15 is 0 Å². The Morgan fingerprint density at radius 3 is 2.87 bits per heavy atom. The van der Waals surface area contributed by atoms with Gasteiger partial charge in [0.05, 0.1) is 28.5 Å². The van der Waals surface area contributed by atoms with E-state index < -0.39 is 22.8 Å². The van der Waals surface area contributed by atoms with Gasteiger partial charge in [0.15, 0.2) is 4.80 Å². The molecule has 0 aromatic carbocycles. The van der Waals surface area contributed by atoms with Crippen molar-refractivity contribution in [3.63, 3.8) is 0 Å². The van der Waals surface area contributed by atoms with E-state index in [0.29, 0.717) is 16.1 Å². The maximum Gasteiger partial charge on any atom is 0.433 e. The number of nitrogens with zero attached hydrogens (tertiary/aromatic N) is 3. The van der Waals surface area contributed by atoms with Crippen LogP contribution < -0.4 is 14.9 Å². The number of allylic oxidation sites excluding steroid dienone is 1. The van der Waals surface area contributed by atoms with Crippen molar-refractivity contribution in [2.45, 2.75) is 19.9 Å². The molecule has 0 amide bonds. The summed E-state index contributed by atoms with van der Waals surface area (Å²) >= 11 is 2.54. The summed E-state index contributed by atoms with van der Waals surface area (Å²) in [6, 6.07) is 5.67. The molecule has 0 saturated carbocycles. The van der Waals surface area contributed by atoms with Gasteiger partial charge in [0.25, 0.3) is 5.56 Å². The monoisotopic (exact) mass is 445 g/mol. The van der Waals surface area contributed by atoms with Gasteiger partial charge in [0.2, 0.25) is 0 Å². The number of nitro groups is 1. The highest BCUT2D eigenvalue weighted by Gasteiger charge is 2.33. The highest BCUT2D eigenvalue weighted by atomic mass is 32.1. The Kier molecular flexibility index (Phi) is 5.22. The molecule has 1 atom stereocenters. The third-order valence-corrected chi connectivity index (χ3v) is 6.30. The number of ether oxygens (including phenoxy) is 1. The second-order valence-electron chi connectivity index (χ2n) is 6.25. The van der Waals surface area contributed by atoms with Crippen molar-refractivity contribution < 1.29 is 18.9 Å². The molecule has 30 heavy (non-hydrogen) atoms. The average Bonchev–Trinajstić information content (AvgIpc) is 3.43. The van der Waals surface area contributed by atoms with E-state index in [1.807, 2.05) is 17.5 Å². The van der Waals surface area contributed by atoms with Crippen LogP contribution in [-0.4, -0.2) is 22.1 Å². The molecule has 4 rings (SSSR count). The molecule has 3 aromatic rings. The van der Waals surface area contributed by atoms with Crippen molar-refractivity contribution in [1.82, 2.24) is 4.57 Å². The first-order valence-corrected chi connectivity index (χ1v) is 10.6. The van der Waals surface area contributed by atoms with Crippen LogP contribution in [0.3, 0.4) is 0 Å². The van der Waals surface area contributed by atoms with E-state index in [1.165, 1.54) is 34.1 Å². The molecular formula is C19H15N3O6S2. The molecule has 3 aromatic heterocycles. The molecule has 1 aliphatic heterocycles. The van der Waals surface area contributed by atoms with Gasteiger partial charge in [-0.1, -0.05) is 17.4 Å². The van der Waals surface area contributed by atoms with Crippen LogP contribution in [0.2, 0.25) is 0 Å². The summed E-state index contributed by atoms with van der Waals surface area (Å²) in [6.07, 6.45) is 1.44. The van der Waals surface area contributed by atoms with E-state index in [0.717, 1.165) is 16.2 Å². The maximum absolute atomic E-state index is 13.2. The van der Waals surface area contributed by atoms with Crippen molar-refractivity contribution >= 4 is 40.6 Å². The number of hydrogen-bond donors (Lipinski definition) is 0. The zero-order valence-electron chi connectivity index (χ0n) is 15.9. The molecule has 0 saturated heterocycles. The largest absolute Gasteiger partial charge is 0.463 e. The predicted molar refractivity (Wildman–Crippen MR) is 110 cm³/mol. The Morgan fingerprint density at radius 2 is 2.23 bits per heavy atom. The van der Waals surface area contributed by atoms with Gasteiger partial charge in [-0.2, -0.15) is 0 Å². The van der Waals surface area contributed by atoms with Crippen molar-refractivity contribution in [2.24, 2.45) is 4.99 Å². The molecule has 154 valence electrons. The summed E-state index contributed by atoms with van der Waals surface area (Å²) in [5, 5.41) is 12.7. The molecule has 1 unspecified atom stereocenters. The second kappa shape index (κ2) is 7.84. The lowest BCUT2D eigenvalue weighted by atomic mass is 10.0. The zero-order valence-corrected chi connectivity index (χ0v) is 17.5. The van der Waals surface area contributed by atoms with Crippen LogP contribution in [0.25, 0.3) is 6.08 Å². The molecule has 0 fully saturated rings. The van der Waals surface area contributed by atoms with Crippen LogP contribution in [0.5, 0.6) is 0 Å². The Morgan fingerprint density at radius 1 is 1.43 bits per heavy atom. The standard InChI is InChI=1S/C19H15N3O6S2/c1-3-27-18(24)15-10(2)20-19-21(16(15)12-5-4-8-29-12)17(23)13(30-19)9-11-6-7-14(28-11)22(25)26/h4-9,16H,3H2,1-2H3. The molecule has 1 aliphatic rings. The number of esters is 1. The number of thiazole rings is 1. The topological polar surface area (TPSA) is 117 Å². The number of hydrogen-bond acceptors (Lipinski definition) is 9. The third-order valence-electron chi connectivity index (χ3n) is 4.40. The zero-order chi connectivity index (χ0) is 21.4. The SMILES string of the molecule is CCOC(=O)C1=C(C)N=c2sc(=Cc3ccc([N+](=O)[O-])o3)c(=O)n2C1c1cccs1. The third kappa shape index (κ3) is 3.42. The van der Waals surface area contributed by atoms with Crippen molar-refractivity contribution in [1.29, 1.82) is 0 Å². The van der Waals surface area contributed by atoms with Crippen molar-refractivity contribution in [3.05, 3.63) is 81.4 Å². The van der Waals surface area contributed by atoms with Gasteiger partial charge < -0.3 is 9.15 Å². The van der Waals surface area contributed by atoms with E-state index in [-0.39, 0.29) is 22.5 Å². The number of aromatic nitrogens is 1. The van der Waals surface area contributed by atoms with Crippen LogP contribution in [0.15, 0.2) is 55.1 Å².